The van der Waals surface area contributed by atoms with Crippen LogP contribution in [0.3, 0.4) is 0 Å². The molecule has 1 saturated heterocycles. The predicted octanol–water partition coefficient (Wildman–Crippen LogP) is 5.99. The van der Waals surface area contributed by atoms with E-state index in [2.05, 4.69) is 15.0 Å². The number of aromatic nitrogens is 1. The Morgan fingerprint density at radius 3 is 2.64 bits per heavy atom. The van der Waals surface area contributed by atoms with Crippen molar-refractivity contribution in [1.29, 1.82) is 0 Å². The summed E-state index contributed by atoms with van der Waals surface area (Å²) in [6.07, 6.45) is 3.60. The van der Waals surface area contributed by atoms with Crippen molar-refractivity contribution in [3.05, 3.63) is 83.0 Å². The zero-order valence-corrected chi connectivity index (χ0v) is 24.6. The Bertz CT molecular complexity index is 1670. The van der Waals surface area contributed by atoms with E-state index in [1.165, 1.54) is 37.6 Å². The minimum absolute atomic E-state index is 0.0356. The third kappa shape index (κ3) is 7.51. The second-order valence-corrected chi connectivity index (χ2v) is 10.2. The summed E-state index contributed by atoms with van der Waals surface area (Å²) in [4.78, 5) is 18.8. The van der Waals surface area contributed by atoms with Crippen molar-refractivity contribution in [2.45, 2.75) is 6.42 Å². The number of amides is 2. The summed E-state index contributed by atoms with van der Waals surface area (Å²) >= 11 is 6.02. The minimum Gasteiger partial charge on any atom is -0.493 e. The molecule has 2 heterocycles. The highest BCUT2D eigenvalue weighted by atomic mass is 35.5. The fourth-order valence-electron chi connectivity index (χ4n) is 4.58. The fourth-order valence-corrected chi connectivity index (χ4v) is 4.80. The van der Waals surface area contributed by atoms with Gasteiger partial charge in [-0.15, -0.1) is 0 Å². The summed E-state index contributed by atoms with van der Waals surface area (Å²) in [5.74, 6) is -0.0695. The molecular formula is C31H30ClF2N5O5. The topological polar surface area (TPSA) is 112 Å². The standard InChI is InChI=1S/C31H30ClF2N5O5/c1-41-29-17-23-26(18-30(29)43-12-2-9-38-10-13-42-14-11-38)36-8-7-27(23)44-28-6-5-22(16-25(28)34)39(31(35)40)37-19-20-3-4-21(33)15-24(20)32/h3-8,15-19H,2,9-14H2,1H3,(H2,35,40). The van der Waals surface area contributed by atoms with Gasteiger partial charge in [0.2, 0.25) is 0 Å². The smallest absolute Gasteiger partial charge is 0.340 e. The van der Waals surface area contributed by atoms with Gasteiger partial charge in [-0.2, -0.15) is 10.1 Å². The highest BCUT2D eigenvalue weighted by Crippen LogP contribution is 2.38. The molecule has 1 aliphatic heterocycles. The maximum Gasteiger partial charge on any atom is 0.340 e. The number of hydrazone groups is 1. The Kier molecular flexibility index (Phi) is 10.1. The van der Waals surface area contributed by atoms with Gasteiger partial charge < -0.3 is 24.7 Å². The molecule has 1 aromatic heterocycles. The lowest BCUT2D eigenvalue weighted by atomic mass is 10.1. The van der Waals surface area contributed by atoms with Gasteiger partial charge in [0.25, 0.3) is 0 Å². The number of hydrogen-bond acceptors (Lipinski definition) is 8. The molecule has 0 bridgehead atoms. The van der Waals surface area contributed by atoms with Crippen molar-refractivity contribution in [1.82, 2.24) is 9.88 Å². The predicted molar refractivity (Wildman–Crippen MR) is 163 cm³/mol. The number of nitrogens with two attached hydrogens (primary N) is 1. The Balaban J connectivity index is 1.31. The first-order valence-electron chi connectivity index (χ1n) is 13.8. The van der Waals surface area contributed by atoms with Crippen LogP contribution in [0, 0.1) is 11.6 Å². The van der Waals surface area contributed by atoms with E-state index in [1.807, 2.05) is 0 Å². The lowest BCUT2D eigenvalue weighted by Gasteiger charge is -2.26. The number of fused-ring (bicyclic) bond motifs is 1. The first-order valence-corrected chi connectivity index (χ1v) is 14.2. The van der Waals surface area contributed by atoms with Crippen molar-refractivity contribution >= 4 is 40.4 Å². The van der Waals surface area contributed by atoms with Crippen molar-refractivity contribution in [2.75, 3.05) is 51.6 Å². The van der Waals surface area contributed by atoms with Crippen LogP contribution in [0.4, 0.5) is 19.3 Å². The van der Waals surface area contributed by atoms with E-state index in [-0.39, 0.29) is 16.5 Å². The Hall–Kier alpha value is -4.52. The summed E-state index contributed by atoms with van der Waals surface area (Å²) < 4.78 is 51.5. The number of halogens is 3. The molecule has 10 nitrogen and oxygen atoms in total. The summed E-state index contributed by atoms with van der Waals surface area (Å²) in [6, 6.07) is 11.6. The number of morpholine rings is 1. The highest BCUT2D eigenvalue weighted by Gasteiger charge is 2.17. The molecule has 0 unspecified atom stereocenters. The minimum atomic E-state index is -0.973. The van der Waals surface area contributed by atoms with Crippen molar-refractivity contribution in [3.63, 3.8) is 0 Å². The number of urea groups is 1. The van der Waals surface area contributed by atoms with E-state index in [9.17, 15) is 9.18 Å². The molecule has 0 aliphatic carbocycles. The average Bonchev–Trinajstić information content (AvgIpc) is 3.01. The van der Waals surface area contributed by atoms with Gasteiger partial charge >= 0.3 is 6.03 Å². The maximum atomic E-state index is 15.3. The molecule has 5 rings (SSSR count). The Morgan fingerprint density at radius 1 is 1.09 bits per heavy atom. The third-order valence-electron chi connectivity index (χ3n) is 6.83. The highest BCUT2D eigenvalue weighted by molar-refractivity contribution is 6.33. The molecule has 13 heteroatoms. The molecular weight excluding hydrogens is 596 g/mol. The van der Waals surface area contributed by atoms with E-state index < -0.39 is 17.7 Å². The van der Waals surface area contributed by atoms with Crippen molar-refractivity contribution < 1.29 is 32.5 Å². The van der Waals surface area contributed by atoms with Crippen LogP contribution in [0.1, 0.15) is 12.0 Å². The zero-order valence-electron chi connectivity index (χ0n) is 23.8. The Labute approximate surface area is 257 Å². The van der Waals surface area contributed by atoms with Crippen LogP contribution in [-0.2, 0) is 4.74 Å². The van der Waals surface area contributed by atoms with Gasteiger partial charge in [-0.05, 0) is 48.9 Å². The van der Waals surface area contributed by atoms with Crippen molar-refractivity contribution in [2.24, 2.45) is 10.8 Å². The number of benzene rings is 3. The largest absolute Gasteiger partial charge is 0.493 e. The quantitative estimate of drug-likeness (QED) is 0.124. The number of carbonyl (C=O) groups is 1. The van der Waals surface area contributed by atoms with Crippen LogP contribution in [0.5, 0.6) is 23.0 Å². The fraction of sp³-hybridized carbons (Fsp3) is 0.258. The molecule has 0 radical (unpaired) electrons. The average molecular weight is 626 g/mol. The van der Waals surface area contributed by atoms with E-state index in [1.54, 1.807) is 24.4 Å². The number of carbonyl (C=O) groups excluding carboxylic acids is 1. The number of nitrogens with zero attached hydrogens (tertiary/aromatic N) is 4. The second kappa shape index (κ2) is 14.3. The molecule has 1 fully saturated rings. The summed E-state index contributed by atoms with van der Waals surface area (Å²) in [5, 5.41) is 5.44. The Morgan fingerprint density at radius 2 is 1.91 bits per heavy atom. The van der Waals surface area contributed by atoms with Crippen LogP contribution >= 0.6 is 11.6 Å². The van der Waals surface area contributed by atoms with Gasteiger partial charge in [0.1, 0.15) is 11.6 Å². The molecule has 4 aromatic rings. The van der Waals surface area contributed by atoms with Gasteiger partial charge in [0.15, 0.2) is 23.1 Å². The number of methoxy groups -OCH3 is 1. The van der Waals surface area contributed by atoms with Gasteiger partial charge in [-0.1, -0.05) is 11.6 Å². The van der Waals surface area contributed by atoms with Crippen LogP contribution < -0.4 is 25.0 Å². The van der Waals surface area contributed by atoms with E-state index in [0.717, 1.165) is 56.4 Å². The summed E-state index contributed by atoms with van der Waals surface area (Å²) in [5.41, 5.74) is 6.41. The first kappa shape index (κ1) is 30.9. The second-order valence-electron chi connectivity index (χ2n) is 9.76. The van der Waals surface area contributed by atoms with E-state index in [4.69, 9.17) is 36.3 Å². The van der Waals surface area contributed by atoms with Crippen LogP contribution in [-0.4, -0.2) is 68.7 Å². The number of ether oxygens (including phenoxy) is 4. The van der Waals surface area contributed by atoms with Crippen LogP contribution in [0.25, 0.3) is 10.9 Å². The number of anilines is 1. The van der Waals surface area contributed by atoms with E-state index in [0.29, 0.717) is 40.3 Å². The molecule has 2 N–H and O–H groups in total. The molecule has 44 heavy (non-hydrogen) atoms. The van der Waals surface area contributed by atoms with Gasteiger partial charge in [-0.25, -0.2) is 13.6 Å². The SMILES string of the molecule is COc1cc2c(Oc3ccc(N(N=Cc4ccc(F)cc4Cl)C(N)=O)cc3F)ccnc2cc1OCCCN1CCOCC1. The molecule has 1 aliphatic rings. The van der Waals surface area contributed by atoms with Crippen LogP contribution in [0.2, 0.25) is 5.02 Å². The molecule has 3 aromatic carbocycles. The van der Waals surface area contributed by atoms with Gasteiger partial charge in [-0.3, -0.25) is 9.88 Å². The molecule has 0 saturated carbocycles. The van der Waals surface area contributed by atoms with Crippen molar-refractivity contribution in [3.8, 4) is 23.0 Å². The molecule has 0 spiro atoms. The molecule has 230 valence electrons. The number of hydrogen-bond donors (Lipinski definition) is 1. The lowest BCUT2D eigenvalue weighted by molar-refractivity contribution is 0.0357. The monoisotopic (exact) mass is 625 g/mol. The summed E-state index contributed by atoms with van der Waals surface area (Å²) in [6.45, 7) is 4.73. The summed E-state index contributed by atoms with van der Waals surface area (Å²) in [7, 11) is 1.54. The normalized spacial score (nSPS) is 13.7. The first-order chi connectivity index (χ1) is 21.3. The van der Waals surface area contributed by atoms with Gasteiger partial charge in [0.05, 0.1) is 49.4 Å². The maximum absolute atomic E-state index is 15.3. The van der Waals surface area contributed by atoms with Gasteiger partial charge in [0, 0.05) is 48.9 Å². The molecule has 0 atom stereocenters. The lowest BCUT2D eigenvalue weighted by Crippen LogP contribution is -2.37. The third-order valence-corrected chi connectivity index (χ3v) is 7.16. The number of pyridine rings is 1. The number of rotatable bonds is 11. The zero-order chi connectivity index (χ0) is 31.1. The van der Waals surface area contributed by atoms with E-state index >= 15 is 4.39 Å². The number of primary amides is 1. The van der Waals surface area contributed by atoms with Crippen LogP contribution in [0.15, 0.2) is 65.9 Å². The molecule has 2 amide bonds.